The van der Waals surface area contributed by atoms with Crippen LogP contribution in [0.2, 0.25) is 0 Å². The van der Waals surface area contributed by atoms with E-state index in [9.17, 15) is 22.0 Å². The number of carbonyl (C=O) groups is 1. The van der Waals surface area contributed by atoms with E-state index in [2.05, 4.69) is 92.8 Å². The second-order valence-electron chi connectivity index (χ2n) is 7.41. The van der Waals surface area contributed by atoms with Gasteiger partial charge in [0.2, 0.25) is 0 Å². The van der Waals surface area contributed by atoms with Crippen molar-refractivity contribution in [2.24, 2.45) is 0 Å². The van der Waals surface area contributed by atoms with Crippen molar-refractivity contribution in [1.29, 1.82) is 0 Å². The molecule has 0 radical (unpaired) electrons. The van der Waals surface area contributed by atoms with Crippen LogP contribution in [0, 0.1) is 7.14 Å². The van der Waals surface area contributed by atoms with Gasteiger partial charge in [-0.25, -0.2) is 4.79 Å². The van der Waals surface area contributed by atoms with Crippen LogP contribution in [0.4, 0.5) is 8.78 Å². The molecule has 2 aromatic carbocycles. The Kier molecular flexibility index (Phi) is 9.77. The molecule has 0 aromatic heterocycles. The number of esters is 1. The van der Waals surface area contributed by atoms with Gasteiger partial charge >= 0.3 is 133 Å². The zero-order valence-electron chi connectivity index (χ0n) is 17.8. The van der Waals surface area contributed by atoms with Gasteiger partial charge in [0.25, 0.3) is 0 Å². The molecule has 0 unspecified atom stereocenters. The minimum absolute atomic E-state index is 0.156. The molecule has 2 aromatic rings. The van der Waals surface area contributed by atoms with E-state index in [1.807, 2.05) is 0 Å². The van der Waals surface area contributed by atoms with E-state index in [-0.39, 0.29) is 5.57 Å². The average Bonchev–Trinajstić information content (AvgIpc) is 2.66. The predicted molar refractivity (Wildman–Crippen MR) is 126 cm³/mol. The molecule has 9 heteroatoms. The SMILES string of the molecule is C=C(C)C(=O)OCC(F)(F)S(=O)(=O)O.CC(C)(C)I(c1ccccc1)c1ccccc1. The second kappa shape index (κ2) is 11.1. The van der Waals surface area contributed by atoms with E-state index in [1.165, 1.54) is 6.92 Å². The Labute approximate surface area is 189 Å². The number of ether oxygens (including phenoxy) is 1. The number of halogens is 3. The summed E-state index contributed by atoms with van der Waals surface area (Å²) in [5.74, 6) is -1.16. The summed E-state index contributed by atoms with van der Waals surface area (Å²) in [5, 5.41) is -4.50. The number of hydrogen-bond acceptors (Lipinski definition) is 4. The van der Waals surface area contributed by atoms with Crippen molar-refractivity contribution in [3.8, 4) is 0 Å². The summed E-state index contributed by atoms with van der Waals surface area (Å²) in [7, 11) is -5.56. The molecule has 31 heavy (non-hydrogen) atoms. The summed E-state index contributed by atoms with van der Waals surface area (Å²) < 4.78 is 60.2. The predicted octanol–water partition coefficient (Wildman–Crippen LogP) is 5.62. The van der Waals surface area contributed by atoms with Crippen molar-refractivity contribution in [3.63, 3.8) is 0 Å². The van der Waals surface area contributed by atoms with E-state index in [4.69, 9.17) is 4.55 Å². The average molecular weight is 568 g/mol. The van der Waals surface area contributed by atoms with Crippen molar-refractivity contribution in [3.05, 3.63) is 80.0 Å². The quantitative estimate of drug-likeness (QED) is 0.161. The first-order valence-electron chi connectivity index (χ1n) is 9.14. The Balaban J connectivity index is 0.000000318. The van der Waals surface area contributed by atoms with Crippen molar-refractivity contribution in [1.82, 2.24) is 0 Å². The zero-order chi connectivity index (χ0) is 23.9. The van der Waals surface area contributed by atoms with Crippen molar-refractivity contribution in [2.45, 2.75) is 36.4 Å². The fraction of sp³-hybridized carbons (Fsp3) is 0.318. The number of hydrogen-bond donors (Lipinski definition) is 1. The van der Waals surface area contributed by atoms with Crippen molar-refractivity contribution < 1.29 is 31.3 Å². The van der Waals surface area contributed by atoms with Crippen LogP contribution in [0.3, 0.4) is 0 Å². The van der Waals surface area contributed by atoms with Gasteiger partial charge in [0.1, 0.15) is 0 Å². The molecule has 0 aliphatic carbocycles. The maximum absolute atomic E-state index is 12.4. The molecule has 0 spiro atoms. The second-order valence-corrected chi connectivity index (χ2v) is 16.3. The molecule has 1 N–H and O–H groups in total. The van der Waals surface area contributed by atoms with Gasteiger partial charge < -0.3 is 4.74 Å². The Hall–Kier alpha value is -1.85. The molecule has 0 aliphatic heterocycles. The zero-order valence-corrected chi connectivity index (χ0v) is 20.8. The van der Waals surface area contributed by atoms with Crippen molar-refractivity contribution in [2.75, 3.05) is 6.61 Å². The first-order chi connectivity index (χ1) is 14.2. The molecular formula is C22H27F2IO5S. The van der Waals surface area contributed by atoms with Gasteiger partial charge in [-0.05, 0) is 6.92 Å². The standard InChI is InChI=1S/C16H19I.C6H8F2O5S/c1-16(2,3)17(14-10-6-4-7-11-14)15-12-8-5-9-13-15;1-4(2)5(9)13-3-6(7,8)14(10,11)12/h4-13H,1-3H3;1,3H2,2H3,(H,10,11,12). The maximum atomic E-state index is 12.4. The van der Waals surface area contributed by atoms with E-state index in [1.54, 1.807) is 7.14 Å². The molecule has 0 bridgehead atoms. The van der Waals surface area contributed by atoms with Crippen LogP contribution in [0.5, 0.6) is 0 Å². The van der Waals surface area contributed by atoms with Crippen LogP contribution < -0.4 is 0 Å². The van der Waals surface area contributed by atoms with E-state index >= 15 is 0 Å². The number of carbonyl (C=O) groups excluding carboxylic acids is 1. The first kappa shape index (κ1) is 27.2. The van der Waals surface area contributed by atoms with Crippen LogP contribution >= 0.6 is 19.8 Å². The van der Waals surface area contributed by atoms with Gasteiger partial charge in [-0.15, -0.1) is 0 Å². The molecule has 0 fully saturated rings. The van der Waals surface area contributed by atoms with Gasteiger partial charge in [0.15, 0.2) is 6.61 Å². The number of benzene rings is 2. The Morgan fingerprint density at radius 2 is 1.39 bits per heavy atom. The molecule has 5 nitrogen and oxygen atoms in total. The molecule has 172 valence electrons. The minimum atomic E-state index is -5.56. The van der Waals surface area contributed by atoms with Crippen LogP contribution in [0.15, 0.2) is 72.8 Å². The fourth-order valence-corrected chi connectivity index (χ4v) is 9.14. The van der Waals surface area contributed by atoms with E-state index in [0.29, 0.717) is 3.42 Å². The normalized spacial score (nSPS) is 12.3. The number of rotatable bonds is 6. The Morgan fingerprint density at radius 1 is 1.00 bits per heavy atom. The monoisotopic (exact) mass is 568 g/mol. The van der Waals surface area contributed by atoms with Gasteiger partial charge in [0, 0.05) is 5.57 Å². The van der Waals surface area contributed by atoms with Crippen LogP contribution in [0.25, 0.3) is 0 Å². The van der Waals surface area contributed by atoms with Gasteiger partial charge in [0.05, 0.1) is 0 Å². The molecule has 0 aliphatic rings. The Bertz CT molecular complexity index is 932. The summed E-state index contributed by atoms with van der Waals surface area (Å²) in [6.07, 6.45) is 0. The van der Waals surface area contributed by atoms with Crippen LogP contribution in [-0.4, -0.2) is 34.2 Å². The summed E-state index contributed by atoms with van der Waals surface area (Å²) in [4.78, 5) is 10.6. The third kappa shape index (κ3) is 8.66. The van der Waals surface area contributed by atoms with Crippen LogP contribution in [0.1, 0.15) is 27.7 Å². The first-order valence-corrected chi connectivity index (χ1v) is 13.8. The third-order valence-electron chi connectivity index (χ3n) is 3.57. The molecular weight excluding hydrogens is 541 g/mol. The fourth-order valence-electron chi connectivity index (χ4n) is 2.21. The molecule has 0 saturated carbocycles. The molecule has 0 atom stereocenters. The third-order valence-corrected chi connectivity index (χ3v) is 11.6. The molecule has 0 saturated heterocycles. The van der Waals surface area contributed by atoms with Crippen LogP contribution in [-0.2, 0) is 19.6 Å². The van der Waals surface area contributed by atoms with Gasteiger partial charge in [-0.1, -0.05) is 6.58 Å². The van der Waals surface area contributed by atoms with Crippen molar-refractivity contribution >= 4 is 35.9 Å². The van der Waals surface area contributed by atoms with E-state index < -0.39 is 47.8 Å². The summed E-state index contributed by atoms with van der Waals surface area (Å²) in [6.45, 7) is 9.67. The summed E-state index contributed by atoms with van der Waals surface area (Å²) in [5.41, 5.74) is -0.156. The Morgan fingerprint density at radius 3 is 1.68 bits per heavy atom. The molecule has 0 amide bonds. The topological polar surface area (TPSA) is 80.7 Å². The summed E-state index contributed by atoms with van der Waals surface area (Å²) >= 11 is -1.34. The number of alkyl halides is 3. The van der Waals surface area contributed by atoms with Gasteiger partial charge in [-0.2, -0.15) is 17.2 Å². The molecule has 0 heterocycles. The molecule has 2 rings (SSSR count). The van der Waals surface area contributed by atoms with Gasteiger partial charge in [-0.3, -0.25) is 4.55 Å². The summed E-state index contributed by atoms with van der Waals surface area (Å²) in [6, 6.07) is 22.0. The van der Waals surface area contributed by atoms with E-state index in [0.717, 1.165) is 0 Å².